The van der Waals surface area contributed by atoms with E-state index in [1.165, 1.54) is 6.42 Å². The Morgan fingerprint density at radius 2 is 1.71 bits per heavy atom. The summed E-state index contributed by atoms with van der Waals surface area (Å²) < 4.78 is 3.96. The zero-order valence-electron chi connectivity index (χ0n) is 17.1. The Morgan fingerprint density at radius 1 is 0.935 bits per heavy atom. The van der Waals surface area contributed by atoms with Crippen molar-refractivity contribution in [2.75, 3.05) is 0 Å². The van der Waals surface area contributed by atoms with Gasteiger partial charge in [-0.05, 0) is 31.1 Å². The molecule has 0 saturated heterocycles. The van der Waals surface area contributed by atoms with Gasteiger partial charge in [0.15, 0.2) is 5.82 Å². The minimum Gasteiger partial charge on any atom is -0.310 e. The molecule has 6 heteroatoms. The smallest absolute Gasteiger partial charge is 0.174 e. The first-order chi connectivity index (χ1) is 15.3. The van der Waals surface area contributed by atoms with Crippen molar-refractivity contribution >= 4 is 11.6 Å². The second kappa shape index (κ2) is 8.41. The molecule has 0 radical (unpaired) electrons. The number of allylic oxidation sites excluding steroid dienone is 1. The lowest BCUT2D eigenvalue weighted by Crippen LogP contribution is -2.05. The van der Waals surface area contributed by atoms with Crippen molar-refractivity contribution in [3.63, 3.8) is 0 Å². The van der Waals surface area contributed by atoms with E-state index in [0.29, 0.717) is 11.4 Å². The fourth-order valence-electron chi connectivity index (χ4n) is 4.01. The number of rotatable bonds is 4. The molecule has 152 valence electrons. The van der Waals surface area contributed by atoms with E-state index in [2.05, 4.69) is 20.8 Å². The van der Waals surface area contributed by atoms with Crippen LogP contribution in [0.1, 0.15) is 36.5 Å². The fourth-order valence-corrected chi connectivity index (χ4v) is 4.01. The summed E-state index contributed by atoms with van der Waals surface area (Å²) in [5.41, 5.74) is 4.17. The molecule has 1 aliphatic heterocycles. The first-order valence-corrected chi connectivity index (χ1v) is 10.6. The average molecular weight is 406 g/mol. The summed E-state index contributed by atoms with van der Waals surface area (Å²) >= 11 is 0. The lowest BCUT2D eigenvalue weighted by Gasteiger charge is -2.06. The molecule has 1 aliphatic rings. The summed E-state index contributed by atoms with van der Waals surface area (Å²) in [5.74, 6) is 1.61. The predicted molar refractivity (Wildman–Crippen MR) is 120 cm³/mol. The van der Waals surface area contributed by atoms with E-state index in [-0.39, 0.29) is 0 Å². The molecule has 0 N–H and O–H groups in total. The lowest BCUT2D eigenvalue weighted by molar-refractivity contribution is 0.627. The van der Waals surface area contributed by atoms with Crippen LogP contribution in [0.25, 0.3) is 28.6 Å². The number of nitriles is 1. The number of para-hydroxylation sites is 1. The predicted octanol–water partition coefficient (Wildman–Crippen LogP) is 4.92. The van der Waals surface area contributed by atoms with E-state index >= 15 is 0 Å². The third-order valence-corrected chi connectivity index (χ3v) is 5.58. The van der Waals surface area contributed by atoms with Gasteiger partial charge in [-0.3, -0.25) is 0 Å². The number of fused-ring (bicyclic) bond motifs is 1. The number of nitrogens with zero attached hydrogens (tertiary/aromatic N) is 6. The maximum atomic E-state index is 9.99. The molecule has 6 nitrogen and oxygen atoms in total. The Hall–Kier alpha value is -3.98. The minimum atomic E-state index is 0.505. The average Bonchev–Trinajstić information content (AvgIpc) is 3.35. The number of hydrogen-bond acceptors (Lipinski definition) is 4. The molecule has 0 fully saturated rings. The highest BCUT2D eigenvalue weighted by atomic mass is 15.3. The largest absolute Gasteiger partial charge is 0.310 e. The van der Waals surface area contributed by atoms with Gasteiger partial charge in [-0.2, -0.15) is 10.4 Å². The van der Waals surface area contributed by atoms with E-state index in [4.69, 9.17) is 5.10 Å². The van der Waals surface area contributed by atoms with E-state index in [1.54, 1.807) is 0 Å². The van der Waals surface area contributed by atoms with Gasteiger partial charge >= 0.3 is 0 Å². The van der Waals surface area contributed by atoms with Gasteiger partial charge in [0.05, 0.1) is 17.0 Å². The van der Waals surface area contributed by atoms with Crippen molar-refractivity contribution < 1.29 is 0 Å². The van der Waals surface area contributed by atoms with E-state index in [0.717, 1.165) is 54.1 Å². The number of aryl methyl sites for hydroxylation is 1. The normalized spacial score (nSPS) is 14.0. The SMILES string of the molecule is N#C/C(=C\c1cn(-c2ccccc2)nc1-c1ccccc1)c1nnc2n1CCCCC2. The van der Waals surface area contributed by atoms with Crippen molar-refractivity contribution in [1.82, 2.24) is 24.5 Å². The Balaban J connectivity index is 1.63. The Kier molecular flexibility index (Phi) is 5.16. The van der Waals surface area contributed by atoms with Crippen LogP contribution >= 0.6 is 0 Å². The van der Waals surface area contributed by atoms with Crippen LogP contribution in [-0.2, 0) is 13.0 Å². The zero-order valence-corrected chi connectivity index (χ0v) is 17.1. The molecule has 31 heavy (non-hydrogen) atoms. The number of benzene rings is 2. The van der Waals surface area contributed by atoms with Gasteiger partial charge in [-0.25, -0.2) is 4.68 Å². The van der Waals surface area contributed by atoms with Crippen LogP contribution in [0.2, 0.25) is 0 Å². The number of hydrogen-bond donors (Lipinski definition) is 0. The Bertz CT molecular complexity index is 1260. The van der Waals surface area contributed by atoms with Gasteiger partial charge in [-0.15, -0.1) is 10.2 Å². The molecule has 2 aromatic carbocycles. The molecule has 0 spiro atoms. The molecular weight excluding hydrogens is 384 g/mol. The van der Waals surface area contributed by atoms with Crippen LogP contribution in [0.15, 0.2) is 66.9 Å². The molecule has 0 bridgehead atoms. The van der Waals surface area contributed by atoms with Gasteiger partial charge in [0, 0.05) is 30.3 Å². The van der Waals surface area contributed by atoms with Gasteiger partial charge < -0.3 is 4.57 Å². The second-order valence-electron chi connectivity index (χ2n) is 7.65. The van der Waals surface area contributed by atoms with Gasteiger partial charge in [0.1, 0.15) is 11.9 Å². The van der Waals surface area contributed by atoms with Crippen LogP contribution in [0.3, 0.4) is 0 Å². The second-order valence-corrected chi connectivity index (χ2v) is 7.65. The first kappa shape index (κ1) is 19.0. The van der Waals surface area contributed by atoms with E-state index in [9.17, 15) is 5.26 Å². The summed E-state index contributed by atoms with van der Waals surface area (Å²) in [4.78, 5) is 0. The van der Waals surface area contributed by atoms with E-state index in [1.807, 2.05) is 77.6 Å². The molecule has 3 heterocycles. The summed E-state index contributed by atoms with van der Waals surface area (Å²) in [7, 11) is 0. The number of aromatic nitrogens is 5. The summed E-state index contributed by atoms with van der Waals surface area (Å²) in [5, 5.41) is 23.6. The van der Waals surface area contributed by atoms with Crippen molar-refractivity contribution in [1.29, 1.82) is 5.26 Å². The van der Waals surface area contributed by atoms with Crippen LogP contribution in [0.5, 0.6) is 0 Å². The molecule has 0 atom stereocenters. The van der Waals surface area contributed by atoms with Crippen molar-refractivity contribution in [3.8, 4) is 23.0 Å². The minimum absolute atomic E-state index is 0.505. The molecule has 0 aliphatic carbocycles. The molecule has 5 rings (SSSR count). The summed E-state index contributed by atoms with van der Waals surface area (Å²) in [6, 6.07) is 22.4. The molecule has 0 unspecified atom stereocenters. The standard InChI is InChI=1S/C25H22N6/c26-17-20(25-28-27-23-14-8-3-9-15-30(23)25)16-21-18-31(22-12-6-2-7-13-22)29-24(21)19-10-4-1-5-11-19/h1-2,4-7,10-13,16,18H,3,8-9,14-15H2/b20-16+. The highest BCUT2D eigenvalue weighted by Gasteiger charge is 2.19. The fraction of sp³-hybridized carbons (Fsp3) is 0.200. The van der Waals surface area contributed by atoms with E-state index < -0.39 is 0 Å². The molecule has 4 aromatic rings. The highest BCUT2D eigenvalue weighted by molar-refractivity contribution is 5.90. The molecule has 0 amide bonds. The van der Waals surface area contributed by atoms with Crippen molar-refractivity contribution in [3.05, 3.63) is 84.1 Å². The van der Waals surface area contributed by atoms with Gasteiger partial charge in [-0.1, -0.05) is 55.0 Å². The van der Waals surface area contributed by atoms with Gasteiger partial charge in [0.25, 0.3) is 0 Å². The van der Waals surface area contributed by atoms with Crippen molar-refractivity contribution in [2.24, 2.45) is 0 Å². The van der Waals surface area contributed by atoms with Crippen LogP contribution in [0.4, 0.5) is 0 Å². The Labute approximate surface area is 181 Å². The highest BCUT2D eigenvalue weighted by Crippen LogP contribution is 2.28. The zero-order chi connectivity index (χ0) is 21.0. The van der Waals surface area contributed by atoms with Gasteiger partial charge in [0.2, 0.25) is 0 Å². The molecule has 0 saturated carbocycles. The molecular formula is C25H22N6. The Morgan fingerprint density at radius 3 is 2.48 bits per heavy atom. The summed E-state index contributed by atoms with van der Waals surface area (Å²) in [6.45, 7) is 0.853. The monoisotopic (exact) mass is 406 g/mol. The van der Waals surface area contributed by atoms with Crippen LogP contribution in [0, 0.1) is 11.3 Å². The third kappa shape index (κ3) is 3.78. The quantitative estimate of drug-likeness (QED) is 0.451. The maximum Gasteiger partial charge on any atom is 0.174 e. The topological polar surface area (TPSA) is 72.3 Å². The van der Waals surface area contributed by atoms with Crippen LogP contribution in [-0.4, -0.2) is 24.5 Å². The maximum absolute atomic E-state index is 9.99. The van der Waals surface area contributed by atoms with Crippen molar-refractivity contribution in [2.45, 2.75) is 32.2 Å². The lowest BCUT2D eigenvalue weighted by atomic mass is 10.1. The summed E-state index contributed by atoms with van der Waals surface area (Å²) in [6.07, 6.45) is 8.14. The first-order valence-electron chi connectivity index (χ1n) is 10.6. The third-order valence-electron chi connectivity index (χ3n) is 5.58. The molecule has 2 aromatic heterocycles. The van der Waals surface area contributed by atoms with Crippen LogP contribution < -0.4 is 0 Å².